The molecule has 2 aliphatic heterocycles. The maximum atomic E-state index is 13.8. The molecule has 2 aromatic carbocycles. The summed E-state index contributed by atoms with van der Waals surface area (Å²) in [6.07, 6.45) is -1.17. The number of aliphatic hydroxyl groups excluding tert-OH is 1. The number of β-amino-alcohol motifs (C(OH)–C–C–N with tert-alkyl or cyclic N) is 1. The first-order chi connectivity index (χ1) is 26.3. The van der Waals surface area contributed by atoms with Crippen LogP contribution >= 0.6 is 23.2 Å². The first-order valence-electron chi connectivity index (χ1n) is 17.6. The number of halogens is 5. The number of fused-ring (bicyclic) bond motifs is 2. The van der Waals surface area contributed by atoms with E-state index < -0.39 is 17.4 Å². The van der Waals surface area contributed by atoms with Crippen molar-refractivity contribution in [3.63, 3.8) is 0 Å². The van der Waals surface area contributed by atoms with Crippen LogP contribution in [0.1, 0.15) is 35.7 Å². The number of likely N-dealkylation sites (tertiary alicyclic amines) is 1. The van der Waals surface area contributed by atoms with Gasteiger partial charge in [-0.3, -0.25) is 9.69 Å². The van der Waals surface area contributed by atoms with Crippen molar-refractivity contribution in [1.29, 1.82) is 0 Å². The number of aliphatic hydroxyl groups is 1. The van der Waals surface area contributed by atoms with E-state index in [-0.39, 0.29) is 51.5 Å². The summed E-state index contributed by atoms with van der Waals surface area (Å²) in [7, 11) is 2.98. The van der Waals surface area contributed by atoms with Crippen molar-refractivity contribution < 1.29 is 27.8 Å². The number of aryl methyl sites for hydroxylation is 2. The number of amides is 2. The smallest absolute Gasteiger partial charge is 0.433 e. The lowest BCUT2D eigenvalue weighted by Gasteiger charge is -2.28. The van der Waals surface area contributed by atoms with E-state index in [1.165, 1.54) is 13.2 Å². The predicted molar refractivity (Wildman–Crippen MR) is 202 cm³/mol. The van der Waals surface area contributed by atoms with Crippen LogP contribution in [-0.4, -0.2) is 86.1 Å². The number of benzene rings is 2. The number of alkyl halides is 3. The molecule has 2 amide bonds. The number of hydrogen-bond donors (Lipinski definition) is 3. The maximum absolute atomic E-state index is 13.8. The summed E-state index contributed by atoms with van der Waals surface area (Å²) in [4.78, 5) is 38.4. The molecule has 0 radical (unpaired) electrons. The molecule has 8 rings (SSSR count). The van der Waals surface area contributed by atoms with Crippen molar-refractivity contribution in [2.45, 2.75) is 37.0 Å². The first-order valence-corrected chi connectivity index (χ1v) is 18.4. The molecule has 1 spiro atoms. The van der Waals surface area contributed by atoms with E-state index >= 15 is 0 Å². The van der Waals surface area contributed by atoms with Gasteiger partial charge in [-0.05, 0) is 43.0 Å². The Morgan fingerprint density at radius 2 is 1.80 bits per heavy atom. The van der Waals surface area contributed by atoms with Crippen LogP contribution in [0.3, 0.4) is 0 Å². The number of carbonyl (C=O) groups excluding carboxylic acids is 1. The first kappa shape index (κ1) is 37.0. The molecule has 2 atom stereocenters. The third kappa shape index (κ3) is 6.52. The Hall–Kier alpha value is -4.96. The van der Waals surface area contributed by atoms with Gasteiger partial charge in [0.2, 0.25) is 5.88 Å². The fourth-order valence-corrected chi connectivity index (χ4v) is 8.72. The highest BCUT2D eigenvalue weighted by Crippen LogP contribution is 2.47. The van der Waals surface area contributed by atoms with Crippen LogP contribution < -0.4 is 20.9 Å². The van der Waals surface area contributed by atoms with Gasteiger partial charge in [0.05, 0.1) is 52.3 Å². The molecule has 12 nitrogen and oxygen atoms in total. The van der Waals surface area contributed by atoms with Crippen molar-refractivity contribution in [2.75, 3.05) is 45.2 Å². The lowest BCUT2D eigenvalue weighted by molar-refractivity contribution is -0.141. The summed E-state index contributed by atoms with van der Waals surface area (Å²) < 4.78 is 48.4. The molecule has 0 saturated carbocycles. The molecule has 3 aromatic heterocycles. The van der Waals surface area contributed by atoms with Crippen LogP contribution in [0.15, 0.2) is 59.5 Å². The highest BCUT2D eigenvalue weighted by Gasteiger charge is 2.49. The second kappa shape index (κ2) is 14.0. The van der Waals surface area contributed by atoms with Crippen molar-refractivity contribution >= 4 is 51.5 Å². The Morgan fingerprint density at radius 3 is 2.55 bits per heavy atom. The summed E-state index contributed by atoms with van der Waals surface area (Å²) in [6, 6.07) is 13.1. The van der Waals surface area contributed by atoms with E-state index in [9.17, 15) is 27.9 Å². The van der Waals surface area contributed by atoms with Gasteiger partial charge in [0.1, 0.15) is 11.5 Å². The third-order valence-corrected chi connectivity index (χ3v) is 11.5. The van der Waals surface area contributed by atoms with Gasteiger partial charge >= 0.3 is 12.2 Å². The maximum Gasteiger partial charge on any atom is 0.433 e. The SMILES string of the molecule is COc1nc(-c2cccc(-c3cccc(Nc4nc(C(F)(F)F)cc5cnn(C)c(=O)c45)c3Cl)c2Cl)cc2c1[C@H](N1CC[C@@]3(CN(CCO)C(=O)N3)C1)CC2. The van der Waals surface area contributed by atoms with Gasteiger partial charge < -0.3 is 25.4 Å². The second-order valence-electron chi connectivity index (χ2n) is 14.1. The summed E-state index contributed by atoms with van der Waals surface area (Å²) in [5.74, 6) is 0.168. The van der Waals surface area contributed by atoms with Crippen molar-refractivity contribution in [1.82, 2.24) is 34.9 Å². The Balaban J connectivity index is 1.11. The molecule has 2 saturated heterocycles. The van der Waals surface area contributed by atoms with Crippen LogP contribution in [0, 0.1) is 0 Å². The number of rotatable bonds is 8. The number of methoxy groups -OCH3 is 1. The molecule has 55 heavy (non-hydrogen) atoms. The zero-order valence-corrected chi connectivity index (χ0v) is 31.2. The van der Waals surface area contributed by atoms with Gasteiger partial charge in [0, 0.05) is 66.9 Å². The molecule has 5 aromatic rings. The van der Waals surface area contributed by atoms with E-state index in [4.69, 9.17) is 32.9 Å². The molecule has 286 valence electrons. The fourth-order valence-electron chi connectivity index (χ4n) is 8.12. The van der Waals surface area contributed by atoms with Gasteiger partial charge in [-0.25, -0.2) is 19.4 Å². The molecule has 0 bridgehead atoms. The minimum absolute atomic E-state index is 0.0308. The molecule has 3 N–H and O–H groups in total. The zero-order valence-electron chi connectivity index (χ0n) is 29.7. The Labute approximate surface area is 322 Å². The minimum atomic E-state index is -4.78. The average Bonchev–Trinajstić information content (AvgIpc) is 3.86. The number of nitrogens with zero attached hydrogens (tertiary/aromatic N) is 6. The van der Waals surface area contributed by atoms with E-state index in [1.807, 2.05) is 18.2 Å². The van der Waals surface area contributed by atoms with Gasteiger partial charge in [0.15, 0.2) is 0 Å². The quantitative estimate of drug-likeness (QED) is 0.159. The van der Waals surface area contributed by atoms with Crippen LogP contribution in [0.4, 0.5) is 29.5 Å². The van der Waals surface area contributed by atoms with E-state index in [0.717, 1.165) is 47.7 Å². The molecular formula is C38H35Cl2F3N8O4. The standard InChI is InChI=1S/C38H35Cl2F3N8O4/c1-49-35(53)30-21(17-44-49)16-28(38(41,42)43)47-33(30)45-25-8-4-6-23(32(25)40)22-5-3-7-24(31(22)39)26-15-20-9-10-27(29(20)34(46-26)55-2)50-12-11-37(18-50)19-51(13-14-52)36(54)48-37/h3-8,15-17,27,52H,9-14,18-19H2,1-2H3,(H,45,47)(H,48,54)/t27-,37+/m1/s1. The van der Waals surface area contributed by atoms with E-state index in [2.05, 4.69) is 25.6 Å². The normalized spacial score (nSPS) is 19.7. The van der Waals surface area contributed by atoms with Crippen LogP contribution in [0.25, 0.3) is 33.2 Å². The molecule has 5 heterocycles. The van der Waals surface area contributed by atoms with Gasteiger partial charge in [-0.15, -0.1) is 0 Å². The Kier molecular flexibility index (Phi) is 9.39. The number of nitrogens with one attached hydrogen (secondary N) is 2. The van der Waals surface area contributed by atoms with E-state index in [1.54, 1.807) is 36.3 Å². The summed E-state index contributed by atoms with van der Waals surface area (Å²) in [5, 5.41) is 19.7. The fraction of sp³-hybridized carbons (Fsp3) is 0.342. The number of anilines is 2. The number of carbonyl (C=O) groups is 1. The number of ether oxygens (including phenoxy) is 1. The van der Waals surface area contributed by atoms with Crippen LogP contribution in [0.5, 0.6) is 5.88 Å². The highest BCUT2D eigenvalue weighted by atomic mass is 35.5. The van der Waals surface area contributed by atoms with Gasteiger partial charge in [-0.1, -0.05) is 53.5 Å². The largest absolute Gasteiger partial charge is 0.481 e. The second-order valence-corrected chi connectivity index (χ2v) is 14.8. The number of pyridine rings is 2. The van der Waals surface area contributed by atoms with Gasteiger partial charge in [-0.2, -0.15) is 18.3 Å². The van der Waals surface area contributed by atoms with Crippen molar-refractivity contribution in [3.8, 4) is 28.3 Å². The predicted octanol–water partition coefficient (Wildman–Crippen LogP) is 6.58. The molecule has 0 unspecified atom stereocenters. The Morgan fingerprint density at radius 1 is 1.05 bits per heavy atom. The molecule has 2 fully saturated rings. The molecule has 17 heteroatoms. The van der Waals surface area contributed by atoms with Gasteiger partial charge in [0.25, 0.3) is 5.56 Å². The topological polar surface area (TPSA) is 138 Å². The Bertz CT molecular complexity index is 2430. The number of hydrogen-bond acceptors (Lipinski definition) is 9. The molecule has 1 aliphatic carbocycles. The van der Waals surface area contributed by atoms with Crippen LogP contribution in [0.2, 0.25) is 10.0 Å². The lowest BCUT2D eigenvalue weighted by Crippen LogP contribution is -2.46. The highest BCUT2D eigenvalue weighted by molar-refractivity contribution is 6.39. The number of urea groups is 1. The molecule has 3 aliphatic rings. The monoisotopic (exact) mass is 794 g/mol. The van der Waals surface area contributed by atoms with Crippen molar-refractivity contribution in [3.05, 3.63) is 91.9 Å². The van der Waals surface area contributed by atoms with E-state index in [0.29, 0.717) is 52.9 Å². The van der Waals surface area contributed by atoms with Crippen LogP contribution in [-0.2, 0) is 19.6 Å². The zero-order chi connectivity index (χ0) is 38.8. The summed E-state index contributed by atoms with van der Waals surface area (Å²) in [5.41, 5.74) is 2.35. The minimum Gasteiger partial charge on any atom is -0.481 e. The summed E-state index contributed by atoms with van der Waals surface area (Å²) in [6.45, 7) is 2.22. The third-order valence-electron chi connectivity index (χ3n) is 10.7. The molecular weight excluding hydrogens is 760 g/mol. The average molecular weight is 796 g/mol. The lowest BCUT2D eigenvalue weighted by atomic mass is 9.99. The number of aromatic nitrogens is 4. The summed E-state index contributed by atoms with van der Waals surface area (Å²) >= 11 is 14.1. The van der Waals surface area contributed by atoms with Crippen molar-refractivity contribution in [2.24, 2.45) is 7.05 Å².